The summed E-state index contributed by atoms with van der Waals surface area (Å²) in [5, 5.41) is 13.2. The number of rotatable bonds is 11. The number of nitrogens with zero attached hydrogens (tertiary/aromatic N) is 7. The Morgan fingerprint density at radius 3 is 1.14 bits per heavy atom. The molecule has 0 saturated carbocycles. The molecule has 8 heteroatoms. The predicted molar refractivity (Wildman–Crippen MR) is 396 cm³/mol. The lowest BCUT2D eigenvalue weighted by molar-refractivity contribution is 1.06. The van der Waals surface area contributed by atoms with Crippen molar-refractivity contribution in [3.63, 3.8) is 0 Å². The van der Waals surface area contributed by atoms with Crippen molar-refractivity contribution in [1.29, 1.82) is 5.26 Å². The lowest BCUT2D eigenvalue weighted by Crippen LogP contribution is -2.61. The van der Waals surface area contributed by atoms with Gasteiger partial charge in [0.05, 0.1) is 33.9 Å². The molecule has 0 radical (unpaired) electrons. The number of anilines is 6. The fourth-order valence-corrected chi connectivity index (χ4v) is 14.6. The molecule has 96 heavy (non-hydrogen) atoms. The third kappa shape index (κ3) is 9.56. The van der Waals surface area contributed by atoms with Gasteiger partial charge in [-0.3, -0.25) is 0 Å². The lowest BCUT2D eigenvalue weighted by Gasteiger charge is -2.44. The van der Waals surface area contributed by atoms with Crippen LogP contribution in [0.25, 0.3) is 117 Å². The number of aromatic nitrogens is 4. The van der Waals surface area contributed by atoms with Gasteiger partial charge in [-0.15, -0.1) is 0 Å². The molecule has 0 N–H and O–H groups in total. The summed E-state index contributed by atoms with van der Waals surface area (Å²) >= 11 is 0. The predicted octanol–water partition coefficient (Wildman–Crippen LogP) is 20.3. The molecule has 16 aromatic rings. The molecule has 2 aliphatic heterocycles. The van der Waals surface area contributed by atoms with Crippen molar-refractivity contribution < 1.29 is 0 Å². The number of para-hydroxylation sites is 1. The zero-order valence-electron chi connectivity index (χ0n) is 52.0. The van der Waals surface area contributed by atoms with Crippen molar-refractivity contribution in [2.45, 2.75) is 0 Å². The maximum absolute atomic E-state index is 11.1. The maximum Gasteiger partial charge on any atom is 0.252 e. The van der Waals surface area contributed by atoms with E-state index in [1.165, 1.54) is 38.6 Å². The summed E-state index contributed by atoms with van der Waals surface area (Å²) in [5.74, 6) is 1.45. The molecule has 0 atom stereocenters. The van der Waals surface area contributed by atoms with Gasteiger partial charge in [0.1, 0.15) is 0 Å². The van der Waals surface area contributed by atoms with Gasteiger partial charge in [-0.25, -0.2) is 15.0 Å². The van der Waals surface area contributed by atoms with Gasteiger partial charge >= 0.3 is 0 Å². The summed E-state index contributed by atoms with van der Waals surface area (Å²) in [4.78, 5) is 20.5. The van der Waals surface area contributed by atoms with Crippen molar-refractivity contribution in [3.05, 3.63) is 345 Å². The van der Waals surface area contributed by atoms with Crippen LogP contribution >= 0.6 is 0 Å². The van der Waals surface area contributed by atoms with E-state index >= 15 is 0 Å². The van der Waals surface area contributed by atoms with Crippen LogP contribution in [0.2, 0.25) is 0 Å². The van der Waals surface area contributed by atoms with Crippen LogP contribution in [0.4, 0.5) is 34.1 Å². The summed E-state index contributed by atoms with van der Waals surface area (Å²) in [6.45, 7) is -0.170. The molecule has 0 fully saturated rings. The Kier molecular flexibility index (Phi) is 13.6. The van der Waals surface area contributed by atoms with E-state index in [2.05, 4.69) is 287 Å². The van der Waals surface area contributed by atoms with E-state index in [1.54, 1.807) is 0 Å². The minimum atomic E-state index is -0.170. The van der Waals surface area contributed by atoms with Crippen molar-refractivity contribution in [2.75, 3.05) is 9.80 Å². The highest BCUT2D eigenvalue weighted by molar-refractivity contribution is 7.00. The van der Waals surface area contributed by atoms with Crippen molar-refractivity contribution in [1.82, 2.24) is 19.5 Å². The summed E-state index contributed by atoms with van der Waals surface area (Å²) in [6.07, 6.45) is 0. The largest absolute Gasteiger partial charge is 0.311 e. The van der Waals surface area contributed by atoms with Gasteiger partial charge in [-0.05, 0) is 151 Å². The van der Waals surface area contributed by atoms with E-state index in [4.69, 9.17) is 15.0 Å². The average Bonchev–Trinajstić information content (AvgIpc) is 0.788. The number of hydrogen-bond acceptors (Lipinski definition) is 6. The van der Waals surface area contributed by atoms with E-state index in [9.17, 15) is 5.26 Å². The molecule has 18 rings (SSSR count). The Balaban J connectivity index is 0.884. The third-order valence-electron chi connectivity index (χ3n) is 19.1. The molecule has 0 saturated heterocycles. The summed E-state index contributed by atoms with van der Waals surface area (Å²) in [6, 6.07) is 124. The maximum atomic E-state index is 11.1. The molecule has 2 aromatic heterocycles. The van der Waals surface area contributed by atoms with Gasteiger partial charge in [0, 0.05) is 56.0 Å². The number of nitriles is 1. The second-order valence-electron chi connectivity index (χ2n) is 24.6. The minimum Gasteiger partial charge on any atom is -0.311 e. The Labute approximate surface area is 557 Å². The van der Waals surface area contributed by atoms with Crippen LogP contribution in [-0.4, -0.2) is 26.2 Å². The highest BCUT2D eigenvalue weighted by Crippen LogP contribution is 2.49. The molecule has 2 aliphatic rings. The SMILES string of the molecule is N#Cc1cccc(-n2c3ccccc3c3cc(-c4cc5c6c(c4)N(c4ccc(-c7ccccc7)cc4)c4ccc(-c7ccccc7)cc4B6c4cc(-c6ccccc6)ccc4N5c4ccc(-c5ccccc5)cc4)ccc32)c1-c1nc(-c2ccccc2)nc(-c2ccccc2)n1. The molecule has 446 valence electrons. The third-order valence-corrected chi connectivity index (χ3v) is 19.1. The van der Waals surface area contributed by atoms with Gasteiger partial charge in [0.25, 0.3) is 6.71 Å². The molecule has 0 unspecified atom stereocenters. The van der Waals surface area contributed by atoms with Gasteiger partial charge in [0.15, 0.2) is 17.5 Å². The second-order valence-corrected chi connectivity index (χ2v) is 24.6. The second kappa shape index (κ2) is 23.3. The molecule has 0 spiro atoms. The number of hydrogen-bond donors (Lipinski definition) is 0. The number of benzene rings is 14. The minimum absolute atomic E-state index is 0.170. The van der Waals surface area contributed by atoms with Gasteiger partial charge in [-0.2, -0.15) is 5.26 Å². The van der Waals surface area contributed by atoms with Gasteiger partial charge < -0.3 is 14.4 Å². The van der Waals surface area contributed by atoms with Crippen molar-refractivity contribution in [3.8, 4) is 102 Å². The van der Waals surface area contributed by atoms with E-state index < -0.39 is 0 Å². The Hall–Kier alpha value is -13.0. The van der Waals surface area contributed by atoms with Crippen LogP contribution in [0.5, 0.6) is 0 Å². The standard InChI is InChI=1S/C88H56BN7/c90-57-69-34-21-37-81(84(69)88-92-86(64-30-15-5-16-31-64)91-87(93-88)65-32-17-6-18-33-65)96-77-36-20-19-35-73(77)74-52-66(42-49-78(74)96)70-55-82-85-83(56-70)95(72-47-40-63(41-48-72)59-24-9-2-10-25-59)80-51-44-68(61-28-13-4-14-29-61)54-76(80)89(85)75-53-67(60-26-11-3-12-27-60)43-50-79(75)94(82)71-45-38-62(39-46-71)58-22-7-1-8-23-58/h1-56H. The Bertz CT molecular complexity index is 5440. The first-order valence-corrected chi connectivity index (χ1v) is 32.5. The fourth-order valence-electron chi connectivity index (χ4n) is 14.6. The summed E-state index contributed by atoms with van der Waals surface area (Å²) in [5.41, 5.74) is 27.2. The molecule has 14 aromatic carbocycles. The van der Waals surface area contributed by atoms with Crippen LogP contribution < -0.4 is 26.2 Å². The van der Waals surface area contributed by atoms with Gasteiger partial charge in [0.2, 0.25) is 0 Å². The van der Waals surface area contributed by atoms with Crippen molar-refractivity contribution in [2.24, 2.45) is 0 Å². The van der Waals surface area contributed by atoms with E-state index in [1.807, 2.05) is 72.8 Å². The first-order valence-electron chi connectivity index (χ1n) is 32.5. The van der Waals surface area contributed by atoms with E-state index in [0.29, 0.717) is 28.6 Å². The molecule has 4 heterocycles. The van der Waals surface area contributed by atoms with Crippen LogP contribution in [0.1, 0.15) is 5.56 Å². The van der Waals surface area contributed by atoms with E-state index in [0.717, 1.165) is 106 Å². The summed E-state index contributed by atoms with van der Waals surface area (Å²) in [7, 11) is 0. The first-order chi connectivity index (χ1) is 47.6. The fraction of sp³-hybridized carbons (Fsp3) is 0. The molecular formula is C88H56BN7. The normalized spacial score (nSPS) is 12.1. The molecule has 7 nitrogen and oxygen atoms in total. The molecular weight excluding hydrogens is 1170 g/mol. The topological polar surface area (TPSA) is 73.9 Å². The van der Waals surface area contributed by atoms with Crippen molar-refractivity contribution >= 4 is 79.0 Å². The van der Waals surface area contributed by atoms with Crippen LogP contribution in [0.15, 0.2) is 340 Å². The van der Waals surface area contributed by atoms with E-state index in [-0.39, 0.29) is 6.71 Å². The zero-order valence-corrected chi connectivity index (χ0v) is 52.0. The van der Waals surface area contributed by atoms with Crippen LogP contribution in [-0.2, 0) is 0 Å². The molecule has 0 amide bonds. The molecule has 0 aliphatic carbocycles. The monoisotopic (exact) mass is 1220 g/mol. The Morgan fingerprint density at radius 2 is 0.656 bits per heavy atom. The summed E-state index contributed by atoms with van der Waals surface area (Å²) < 4.78 is 2.28. The highest BCUT2D eigenvalue weighted by atomic mass is 15.2. The highest BCUT2D eigenvalue weighted by Gasteiger charge is 2.44. The quantitative estimate of drug-likeness (QED) is 0.120. The van der Waals surface area contributed by atoms with Gasteiger partial charge in [-0.1, -0.05) is 261 Å². The first kappa shape index (κ1) is 55.9. The van der Waals surface area contributed by atoms with Crippen LogP contribution in [0.3, 0.4) is 0 Å². The lowest BCUT2D eigenvalue weighted by atomic mass is 9.33. The average molecular weight is 1220 g/mol. The molecule has 0 bridgehead atoms. The number of fused-ring (bicyclic) bond motifs is 7. The Morgan fingerprint density at radius 1 is 0.271 bits per heavy atom. The zero-order chi connectivity index (χ0) is 63.6. The van der Waals surface area contributed by atoms with Crippen LogP contribution in [0, 0.1) is 11.3 Å². The smallest absolute Gasteiger partial charge is 0.252 e.